The van der Waals surface area contributed by atoms with Gasteiger partial charge in [0, 0.05) is 26.6 Å². The lowest BCUT2D eigenvalue weighted by atomic mass is 10.1. The molecule has 11 heteroatoms. The topological polar surface area (TPSA) is 124 Å². The van der Waals surface area contributed by atoms with Crippen molar-refractivity contribution in [2.45, 2.75) is 19.6 Å². The van der Waals surface area contributed by atoms with Crippen LogP contribution in [0.25, 0.3) is 0 Å². The van der Waals surface area contributed by atoms with Gasteiger partial charge in [0.1, 0.15) is 0 Å². The number of halogens is 1. The molecule has 0 atom stereocenters. The third-order valence-electron chi connectivity index (χ3n) is 6.04. The van der Waals surface area contributed by atoms with E-state index >= 15 is 0 Å². The molecule has 2 amide bonds. The number of carbonyl (C=O) groups excluding carboxylic acids is 2. The molecule has 0 radical (unpaired) electrons. The van der Waals surface area contributed by atoms with Gasteiger partial charge in [-0.05, 0) is 60.7 Å². The third kappa shape index (κ3) is 6.26. The first kappa shape index (κ1) is 27.9. The van der Waals surface area contributed by atoms with Crippen molar-refractivity contribution in [2.75, 3.05) is 24.4 Å². The van der Waals surface area contributed by atoms with Crippen LogP contribution >= 0.6 is 23.5 Å². The Bertz CT molecular complexity index is 1700. The van der Waals surface area contributed by atoms with Crippen molar-refractivity contribution >= 4 is 58.7 Å². The van der Waals surface area contributed by atoms with Crippen LogP contribution in [0.4, 0.5) is 15.8 Å². The molecule has 2 heterocycles. The number of rotatable bonds is 2. The Morgan fingerprint density at radius 2 is 1.29 bits per heavy atom. The van der Waals surface area contributed by atoms with E-state index < -0.39 is 19.1 Å². The average molecular weight is 592 g/mol. The molecule has 4 aromatic carbocycles. The fraction of sp³-hybridized carbons (Fsp3) is 0.0667. The summed E-state index contributed by atoms with van der Waals surface area (Å²) in [5.74, 6) is -2.36. The number of nitrogens with one attached hydrogen (secondary N) is 1. The average Bonchev–Trinajstić information content (AvgIpc) is 3.19. The molecule has 3 N–H and O–H groups in total. The maximum absolute atomic E-state index is 12.4. The van der Waals surface area contributed by atoms with Crippen molar-refractivity contribution in [3.63, 3.8) is 0 Å². The van der Waals surface area contributed by atoms with Crippen molar-refractivity contribution in [3.8, 4) is 0 Å². The van der Waals surface area contributed by atoms with Crippen LogP contribution in [-0.4, -0.2) is 48.2 Å². The van der Waals surface area contributed by atoms with Crippen molar-refractivity contribution in [2.24, 2.45) is 0 Å². The first-order chi connectivity index (χ1) is 20.1. The summed E-state index contributed by atoms with van der Waals surface area (Å²) in [7, 11) is 0.662. The van der Waals surface area contributed by atoms with Crippen LogP contribution in [0.3, 0.4) is 0 Å². The molecule has 0 fully saturated rings. The minimum absolute atomic E-state index is 0.130. The van der Waals surface area contributed by atoms with Crippen LogP contribution < -0.4 is 10.2 Å². The number of anilines is 2. The molecule has 0 unspecified atom stereocenters. The molecule has 0 saturated heterocycles. The number of nitrogens with zero attached hydrogens (tertiary/aromatic N) is 1. The number of amides is 2. The standard InChI is InChI=1S/C15H11NO3S.C14H9NO3S.CH3F/c1-16-11-8-9(15(18)19)6-7-13(11)20-12-5-3-2-4-10(12)14(16)17;16-13-9-3-1-2-4-11(9)19-12-6-5-8(14(17)18)7-10(12)15-13;1-2/h2-8H,1H3,(H,18,19);1-7H,(H,15,16)(H,17,18);1H3/i;;1D. The molecule has 8 nitrogen and oxygen atoms in total. The summed E-state index contributed by atoms with van der Waals surface area (Å²) in [6.07, 6.45) is 0. The van der Waals surface area contributed by atoms with Gasteiger partial charge in [0.2, 0.25) is 0 Å². The van der Waals surface area contributed by atoms with E-state index in [1.807, 2.05) is 30.3 Å². The van der Waals surface area contributed by atoms with Gasteiger partial charge in [0.15, 0.2) is 0 Å². The van der Waals surface area contributed by atoms with Crippen molar-refractivity contribution < 1.29 is 35.2 Å². The lowest BCUT2D eigenvalue weighted by Gasteiger charge is -2.17. The molecule has 6 rings (SSSR count). The smallest absolute Gasteiger partial charge is 0.335 e. The quantitative estimate of drug-likeness (QED) is 0.232. The van der Waals surface area contributed by atoms with Gasteiger partial charge in [-0.15, -0.1) is 0 Å². The SMILES string of the molecule is CN1C(=O)c2ccccc2Sc2ccc(C(=O)O)cc21.O=C(O)c1ccc2c(c1)NC(=O)c1ccccc1S2.[2H]CF. The molecule has 0 saturated carbocycles. The normalized spacial score (nSPS) is 13.0. The molecule has 2 aliphatic rings. The Kier molecular flexibility index (Phi) is 8.66. The van der Waals surface area contributed by atoms with Crippen LogP contribution in [0.2, 0.25) is 0 Å². The van der Waals surface area contributed by atoms with E-state index in [9.17, 15) is 23.6 Å². The summed E-state index contributed by atoms with van der Waals surface area (Å²) in [5.41, 5.74) is 2.72. The highest BCUT2D eigenvalue weighted by molar-refractivity contribution is 8.00. The van der Waals surface area contributed by atoms with Crippen LogP contribution in [0.5, 0.6) is 0 Å². The minimum atomic E-state index is -1.01. The number of benzene rings is 4. The molecular weight excluding hydrogens is 567 g/mol. The number of hydrogen-bond acceptors (Lipinski definition) is 6. The molecule has 0 aliphatic carbocycles. The van der Waals surface area contributed by atoms with Crippen LogP contribution in [0.1, 0.15) is 42.8 Å². The molecule has 0 bridgehead atoms. The molecule has 4 aromatic rings. The molecule has 41 heavy (non-hydrogen) atoms. The zero-order chi connectivity index (χ0) is 30.4. The van der Waals surface area contributed by atoms with Crippen molar-refractivity contribution in [3.05, 3.63) is 107 Å². The Morgan fingerprint density at radius 3 is 1.93 bits per heavy atom. The number of alkyl halides is 1. The largest absolute Gasteiger partial charge is 0.478 e. The number of carboxylic acid groups (broad SMARTS) is 2. The van der Waals surface area contributed by atoms with E-state index in [4.69, 9.17) is 11.6 Å². The first-order valence-corrected chi connectivity index (χ1v) is 13.5. The Balaban J connectivity index is 0.000000177. The zero-order valence-electron chi connectivity index (χ0n) is 22.5. The third-order valence-corrected chi connectivity index (χ3v) is 8.33. The highest BCUT2D eigenvalue weighted by Crippen LogP contribution is 2.41. The van der Waals surface area contributed by atoms with Crippen LogP contribution in [0.15, 0.2) is 105 Å². The van der Waals surface area contributed by atoms with Gasteiger partial charge in [-0.3, -0.25) is 14.0 Å². The highest BCUT2D eigenvalue weighted by Gasteiger charge is 2.25. The highest BCUT2D eigenvalue weighted by atomic mass is 32.2. The maximum Gasteiger partial charge on any atom is 0.335 e. The van der Waals surface area contributed by atoms with Gasteiger partial charge < -0.3 is 20.4 Å². The number of carbonyl (C=O) groups is 4. The van der Waals surface area contributed by atoms with Crippen LogP contribution in [0, 0.1) is 0 Å². The predicted octanol–water partition coefficient (Wildman–Crippen LogP) is 6.81. The first-order valence-electron chi connectivity index (χ1n) is 12.6. The maximum atomic E-state index is 12.4. The van der Waals surface area contributed by atoms with Crippen LogP contribution in [-0.2, 0) is 0 Å². The number of fused-ring (bicyclic) bond motifs is 4. The van der Waals surface area contributed by atoms with E-state index in [1.54, 1.807) is 43.4 Å². The fourth-order valence-corrected chi connectivity index (χ4v) is 6.14. The summed E-state index contributed by atoms with van der Waals surface area (Å²) >= 11 is 2.93. The zero-order valence-corrected chi connectivity index (χ0v) is 23.1. The summed E-state index contributed by atoms with van der Waals surface area (Å²) in [6, 6.07) is 24.3. The van der Waals surface area contributed by atoms with Gasteiger partial charge in [0.25, 0.3) is 11.8 Å². The number of hydrogen-bond donors (Lipinski definition) is 3. The van der Waals surface area contributed by atoms with Gasteiger partial charge in [0.05, 0.1) is 42.2 Å². The molecule has 2 aliphatic heterocycles. The van der Waals surface area contributed by atoms with Gasteiger partial charge in [-0.25, -0.2) is 9.59 Å². The van der Waals surface area contributed by atoms with E-state index in [0.717, 1.165) is 19.6 Å². The molecular formula is C30H23FN2O6S2. The van der Waals surface area contributed by atoms with E-state index in [2.05, 4.69) is 5.32 Å². The Labute approximate surface area is 244 Å². The van der Waals surface area contributed by atoms with E-state index in [-0.39, 0.29) is 22.9 Å². The van der Waals surface area contributed by atoms with Gasteiger partial charge >= 0.3 is 11.9 Å². The van der Waals surface area contributed by atoms with Crippen molar-refractivity contribution in [1.82, 2.24) is 0 Å². The number of aromatic carboxylic acids is 2. The second-order valence-electron chi connectivity index (χ2n) is 8.52. The van der Waals surface area contributed by atoms with Gasteiger partial charge in [-0.1, -0.05) is 47.8 Å². The molecule has 208 valence electrons. The van der Waals surface area contributed by atoms with E-state index in [1.165, 1.54) is 46.6 Å². The molecule has 0 aromatic heterocycles. The summed E-state index contributed by atoms with van der Waals surface area (Å²) < 4.78 is 15.5. The second kappa shape index (κ2) is 12.7. The summed E-state index contributed by atoms with van der Waals surface area (Å²) in [5, 5.41) is 20.8. The monoisotopic (exact) mass is 591 g/mol. The summed E-state index contributed by atoms with van der Waals surface area (Å²) in [6.45, 7) is 0. The summed E-state index contributed by atoms with van der Waals surface area (Å²) in [4.78, 5) is 51.5. The van der Waals surface area contributed by atoms with Gasteiger partial charge in [-0.2, -0.15) is 0 Å². The number of carboxylic acids is 2. The molecule has 0 spiro atoms. The Morgan fingerprint density at radius 1 is 0.780 bits per heavy atom. The lowest BCUT2D eigenvalue weighted by Crippen LogP contribution is -2.26. The van der Waals surface area contributed by atoms with Crippen molar-refractivity contribution in [1.29, 1.82) is 0 Å². The Hall–Kier alpha value is -4.61. The minimum Gasteiger partial charge on any atom is -0.478 e. The predicted molar refractivity (Wildman–Crippen MR) is 156 cm³/mol. The fourth-order valence-electron chi connectivity index (χ4n) is 4.04. The second-order valence-corrected chi connectivity index (χ2v) is 10.7. The lowest BCUT2D eigenvalue weighted by molar-refractivity contribution is 0.0686. The van der Waals surface area contributed by atoms with E-state index in [0.29, 0.717) is 22.5 Å².